The molecule has 0 spiro atoms. The standard InChI is InChI=1S/C16H32O4Si/c1-15(2,3)21(7,8)20-14-12(9-10-19-11-18-6)13(17)16(14,4)5/h12,14H,9-11H2,1-8H3/t12-,14-/m1/s1. The Bertz CT molecular complexity index is 371. The number of carbonyl (C=O) groups excluding carboxylic acids is 1. The van der Waals surface area contributed by atoms with Crippen LogP contribution in [0.5, 0.6) is 0 Å². The lowest BCUT2D eigenvalue weighted by molar-refractivity contribution is -0.165. The zero-order valence-electron chi connectivity index (χ0n) is 14.9. The Kier molecular flexibility index (Phi) is 5.81. The van der Waals surface area contributed by atoms with Crippen LogP contribution in [0.3, 0.4) is 0 Å². The van der Waals surface area contributed by atoms with Crippen LogP contribution < -0.4 is 0 Å². The van der Waals surface area contributed by atoms with Gasteiger partial charge in [-0.15, -0.1) is 0 Å². The molecule has 0 aromatic carbocycles. The number of hydrogen-bond acceptors (Lipinski definition) is 4. The average Bonchev–Trinajstić information content (AvgIpc) is 2.35. The molecule has 0 bridgehead atoms. The van der Waals surface area contributed by atoms with E-state index in [2.05, 4.69) is 33.9 Å². The van der Waals surface area contributed by atoms with E-state index in [1.165, 1.54) is 0 Å². The van der Waals surface area contributed by atoms with Gasteiger partial charge >= 0.3 is 0 Å². The molecule has 124 valence electrons. The van der Waals surface area contributed by atoms with E-state index < -0.39 is 8.32 Å². The van der Waals surface area contributed by atoms with Gasteiger partial charge in [-0.1, -0.05) is 34.6 Å². The average molecular weight is 317 g/mol. The van der Waals surface area contributed by atoms with Gasteiger partial charge in [-0.2, -0.15) is 0 Å². The van der Waals surface area contributed by atoms with E-state index in [1.807, 2.05) is 13.8 Å². The van der Waals surface area contributed by atoms with Crippen LogP contribution in [0.15, 0.2) is 0 Å². The Hall–Kier alpha value is -0.233. The molecule has 0 aliphatic heterocycles. The topological polar surface area (TPSA) is 44.8 Å². The summed E-state index contributed by atoms with van der Waals surface area (Å²) in [4.78, 5) is 12.3. The van der Waals surface area contributed by atoms with Gasteiger partial charge in [0.1, 0.15) is 12.6 Å². The van der Waals surface area contributed by atoms with Gasteiger partial charge in [-0.25, -0.2) is 0 Å². The summed E-state index contributed by atoms with van der Waals surface area (Å²) in [6.45, 7) is 16.0. The monoisotopic (exact) mass is 316 g/mol. The molecule has 21 heavy (non-hydrogen) atoms. The van der Waals surface area contributed by atoms with Gasteiger partial charge in [0.15, 0.2) is 8.32 Å². The first-order chi connectivity index (χ1) is 9.45. The minimum absolute atomic E-state index is 0.0111. The van der Waals surface area contributed by atoms with Crippen LogP contribution in [0, 0.1) is 11.3 Å². The summed E-state index contributed by atoms with van der Waals surface area (Å²) in [5.74, 6) is 0.262. The maximum absolute atomic E-state index is 12.3. The third-order valence-electron chi connectivity index (χ3n) is 5.05. The lowest BCUT2D eigenvalue weighted by Crippen LogP contribution is -2.63. The molecule has 1 rings (SSSR count). The smallest absolute Gasteiger partial charge is 0.192 e. The minimum Gasteiger partial charge on any atom is -0.412 e. The summed E-state index contributed by atoms with van der Waals surface area (Å²) in [6, 6.07) is 0. The Morgan fingerprint density at radius 1 is 1.24 bits per heavy atom. The lowest BCUT2D eigenvalue weighted by Gasteiger charge is -2.53. The molecule has 1 aliphatic carbocycles. The number of ketones is 1. The van der Waals surface area contributed by atoms with Gasteiger partial charge in [0.2, 0.25) is 0 Å². The Labute approximate surface area is 130 Å². The maximum atomic E-state index is 12.3. The van der Waals surface area contributed by atoms with Crippen molar-refractivity contribution in [2.75, 3.05) is 20.5 Å². The van der Waals surface area contributed by atoms with Crippen molar-refractivity contribution in [2.45, 2.75) is 65.3 Å². The van der Waals surface area contributed by atoms with Crippen molar-refractivity contribution in [1.29, 1.82) is 0 Å². The SMILES string of the molecule is COCOCC[C@@H]1C(=O)C(C)(C)[C@@H]1O[Si](C)(C)C(C)(C)C. The summed E-state index contributed by atoms with van der Waals surface area (Å²) in [5, 5.41) is 0.152. The summed E-state index contributed by atoms with van der Waals surface area (Å²) in [6.07, 6.45) is 0.724. The van der Waals surface area contributed by atoms with E-state index in [1.54, 1.807) is 7.11 Å². The van der Waals surface area contributed by atoms with Gasteiger partial charge < -0.3 is 13.9 Å². The van der Waals surface area contributed by atoms with Crippen molar-refractivity contribution < 1.29 is 18.7 Å². The molecule has 5 heteroatoms. The van der Waals surface area contributed by atoms with E-state index in [-0.39, 0.29) is 29.3 Å². The van der Waals surface area contributed by atoms with Crippen molar-refractivity contribution in [1.82, 2.24) is 0 Å². The van der Waals surface area contributed by atoms with Crippen molar-refractivity contribution in [3.8, 4) is 0 Å². The van der Waals surface area contributed by atoms with Crippen molar-refractivity contribution in [2.24, 2.45) is 11.3 Å². The largest absolute Gasteiger partial charge is 0.412 e. The number of Topliss-reactive ketones (excluding diaryl/α,β-unsaturated/α-hetero) is 1. The van der Waals surface area contributed by atoms with Crippen LogP contribution in [0.25, 0.3) is 0 Å². The molecular weight excluding hydrogens is 284 g/mol. The first kappa shape index (κ1) is 18.8. The van der Waals surface area contributed by atoms with Crippen molar-refractivity contribution >= 4 is 14.1 Å². The number of carbonyl (C=O) groups is 1. The molecule has 0 radical (unpaired) electrons. The fraction of sp³-hybridized carbons (Fsp3) is 0.938. The van der Waals surface area contributed by atoms with Gasteiger partial charge in [-0.3, -0.25) is 4.79 Å². The highest BCUT2D eigenvalue weighted by Crippen LogP contribution is 2.49. The van der Waals surface area contributed by atoms with E-state index in [0.29, 0.717) is 18.8 Å². The van der Waals surface area contributed by atoms with Gasteiger partial charge in [-0.05, 0) is 24.6 Å². The van der Waals surface area contributed by atoms with Gasteiger partial charge in [0.25, 0.3) is 0 Å². The summed E-state index contributed by atoms with van der Waals surface area (Å²) in [7, 11) is -0.272. The molecule has 0 aromatic rings. The molecule has 0 N–H and O–H groups in total. The Balaban J connectivity index is 2.70. The zero-order chi connectivity index (χ0) is 16.5. The molecule has 1 fully saturated rings. The van der Waals surface area contributed by atoms with Crippen molar-refractivity contribution in [3.63, 3.8) is 0 Å². The van der Waals surface area contributed by atoms with E-state index in [0.717, 1.165) is 0 Å². The van der Waals surface area contributed by atoms with Crippen LogP contribution >= 0.6 is 0 Å². The third kappa shape index (κ3) is 3.95. The fourth-order valence-corrected chi connectivity index (χ4v) is 3.97. The first-order valence-corrected chi connectivity index (χ1v) is 10.6. The van der Waals surface area contributed by atoms with Gasteiger partial charge in [0, 0.05) is 18.4 Å². The normalized spacial score (nSPS) is 25.8. The van der Waals surface area contributed by atoms with Crippen LogP contribution in [-0.4, -0.2) is 40.7 Å². The van der Waals surface area contributed by atoms with Gasteiger partial charge in [0.05, 0.1) is 12.7 Å². The van der Waals surface area contributed by atoms with Crippen molar-refractivity contribution in [3.05, 3.63) is 0 Å². The maximum Gasteiger partial charge on any atom is 0.192 e. The predicted molar refractivity (Wildman–Crippen MR) is 86.8 cm³/mol. The van der Waals surface area contributed by atoms with E-state index >= 15 is 0 Å². The second-order valence-electron chi connectivity index (χ2n) is 8.09. The molecule has 1 saturated carbocycles. The molecule has 2 atom stereocenters. The molecule has 1 aliphatic rings. The number of ether oxygens (including phenoxy) is 2. The number of methoxy groups -OCH3 is 1. The highest BCUT2D eigenvalue weighted by Gasteiger charge is 2.58. The number of hydrogen-bond donors (Lipinski definition) is 0. The lowest BCUT2D eigenvalue weighted by atomic mass is 9.59. The summed E-state index contributed by atoms with van der Waals surface area (Å²) in [5.41, 5.74) is -0.374. The minimum atomic E-state index is -1.87. The quantitative estimate of drug-likeness (QED) is 0.409. The Morgan fingerprint density at radius 3 is 2.29 bits per heavy atom. The molecule has 0 heterocycles. The molecule has 4 nitrogen and oxygen atoms in total. The van der Waals surface area contributed by atoms with E-state index in [4.69, 9.17) is 13.9 Å². The fourth-order valence-electron chi connectivity index (χ4n) is 2.52. The van der Waals surface area contributed by atoms with Crippen LogP contribution in [0.1, 0.15) is 41.0 Å². The highest BCUT2D eigenvalue weighted by atomic mass is 28.4. The second kappa shape index (κ2) is 6.48. The highest BCUT2D eigenvalue weighted by molar-refractivity contribution is 6.74. The molecule has 0 aromatic heterocycles. The van der Waals surface area contributed by atoms with E-state index in [9.17, 15) is 4.79 Å². The zero-order valence-corrected chi connectivity index (χ0v) is 15.9. The Morgan fingerprint density at radius 2 is 1.81 bits per heavy atom. The molecule has 0 amide bonds. The molecule has 0 unspecified atom stereocenters. The predicted octanol–water partition coefficient (Wildman–Crippen LogP) is 3.61. The number of rotatable bonds is 7. The van der Waals surface area contributed by atoms with Crippen LogP contribution in [0.2, 0.25) is 18.1 Å². The summed E-state index contributed by atoms with van der Waals surface area (Å²) < 4.78 is 16.7. The summed E-state index contributed by atoms with van der Waals surface area (Å²) >= 11 is 0. The molecular formula is C16H32O4Si. The first-order valence-electron chi connectivity index (χ1n) is 7.74. The molecule has 0 saturated heterocycles. The van der Waals surface area contributed by atoms with Crippen LogP contribution in [0.4, 0.5) is 0 Å². The third-order valence-corrected chi connectivity index (χ3v) is 9.51. The van der Waals surface area contributed by atoms with Crippen LogP contribution in [-0.2, 0) is 18.7 Å². The second-order valence-corrected chi connectivity index (χ2v) is 12.9.